The second-order valence-electron chi connectivity index (χ2n) is 5.02. The van der Waals surface area contributed by atoms with Crippen molar-refractivity contribution in [2.24, 2.45) is 0 Å². The largest absolute Gasteiger partial charge is 0.496 e. The van der Waals surface area contributed by atoms with Gasteiger partial charge in [-0.15, -0.1) is 5.10 Å². The van der Waals surface area contributed by atoms with Crippen LogP contribution in [0.1, 0.15) is 11.4 Å². The lowest BCUT2D eigenvalue weighted by atomic mass is 10.0. The molecule has 0 fully saturated rings. The minimum absolute atomic E-state index is 0.114. The van der Waals surface area contributed by atoms with Gasteiger partial charge in [0, 0.05) is 5.56 Å². The molecule has 2 N–H and O–H groups in total. The summed E-state index contributed by atoms with van der Waals surface area (Å²) in [6.07, 6.45) is 1.60. The van der Waals surface area contributed by atoms with Gasteiger partial charge in [0.1, 0.15) is 16.5 Å². The van der Waals surface area contributed by atoms with E-state index in [4.69, 9.17) is 4.74 Å². The predicted octanol–water partition coefficient (Wildman–Crippen LogP) is 3.49. The number of methoxy groups -OCH3 is 1. The Morgan fingerprint density at radius 1 is 1.29 bits per heavy atom. The first kappa shape index (κ1) is 16.1. The SMILES string of the molecule is COc1ccc2ccccc2c1C=C(Sc1n[nH]c(C)n1)C(=O)O. The van der Waals surface area contributed by atoms with Crippen LogP contribution in [0.25, 0.3) is 16.8 Å². The van der Waals surface area contributed by atoms with Gasteiger partial charge in [-0.25, -0.2) is 9.78 Å². The van der Waals surface area contributed by atoms with Crippen molar-refractivity contribution in [2.75, 3.05) is 7.11 Å². The Kier molecular flexibility index (Phi) is 4.52. The lowest BCUT2D eigenvalue weighted by Crippen LogP contribution is -1.98. The number of H-pyrrole nitrogens is 1. The zero-order valence-electron chi connectivity index (χ0n) is 13.1. The number of rotatable bonds is 5. The Labute approximate surface area is 142 Å². The minimum Gasteiger partial charge on any atom is -0.496 e. The summed E-state index contributed by atoms with van der Waals surface area (Å²) < 4.78 is 5.40. The summed E-state index contributed by atoms with van der Waals surface area (Å²) in [5.41, 5.74) is 0.716. The van der Waals surface area contributed by atoms with Crippen LogP contribution in [-0.4, -0.2) is 33.4 Å². The Balaban J connectivity index is 2.12. The highest BCUT2D eigenvalue weighted by atomic mass is 32.2. The van der Waals surface area contributed by atoms with E-state index in [0.717, 1.165) is 22.5 Å². The summed E-state index contributed by atoms with van der Waals surface area (Å²) in [6, 6.07) is 11.5. The van der Waals surface area contributed by atoms with Gasteiger partial charge < -0.3 is 9.84 Å². The minimum atomic E-state index is -1.04. The molecule has 1 aromatic heterocycles. The first-order chi connectivity index (χ1) is 11.6. The van der Waals surface area contributed by atoms with E-state index in [9.17, 15) is 9.90 Å². The second kappa shape index (κ2) is 6.76. The molecule has 0 aliphatic rings. The van der Waals surface area contributed by atoms with E-state index in [1.54, 1.807) is 20.1 Å². The van der Waals surface area contributed by atoms with E-state index >= 15 is 0 Å². The number of benzene rings is 2. The molecule has 3 aromatic rings. The van der Waals surface area contributed by atoms with E-state index in [0.29, 0.717) is 22.3 Å². The molecule has 0 radical (unpaired) electrons. The van der Waals surface area contributed by atoms with E-state index in [1.807, 2.05) is 36.4 Å². The molecule has 0 amide bonds. The topological polar surface area (TPSA) is 88.1 Å². The average Bonchev–Trinajstić information content (AvgIpc) is 2.99. The van der Waals surface area contributed by atoms with Gasteiger partial charge in [0.2, 0.25) is 5.16 Å². The highest BCUT2D eigenvalue weighted by Gasteiger charge is 2.15. The molecule has 0 atom stereocenters. The Morgan fingerprint density at radius 3 is 2.75 bits per heavy atom. The van der Waals surface area contributed by atoms with Crippen molar-refractivity contribution in [3.8, 4) is 5.75 Å². The monoisotopic (exact) mass is 341 g/mol. The number of nitrogens with zero attached hydrogens (tertiary/aromatic N) is 2. The van der Waals surface area contributed by atoms with Crippen LogP contribution in [0.15, 0.2) is 46.5 Å². The molecule has 0 saturated heterocycles. The van der Waals surface area contributed by atoms with Gasteiger partial charge in [0.25, 0.3) is 0 Å². The fourth-order valence-electron chi connectivity index (χ4n) is 2.33. The number of thioether (sulfide) groups is 1. The van der Waals surface area contributed by atoms with Gasteiger partial charge in [-0.2, -0.15) is 0 Å². The second-order valence-corrected chi connectivity index (χ2v) is 6.03. The standard InChI is InChI=1S/C17H15N3O3S/c1-10-18-17(20-19-10)24-15(16(21)22)9-13-12-6-4-3-5-11(12)7-8-14(13)23-2/h3-9H,1-2H3,(H,21,22)(H,18,19,20). The van der Waals surface area contributed by atoms with Crippen molar-refractivity contribution in [3.63, 3.8) is 0 Å². The van der Waals surface area contributed by atoms with Crippen LogP contribution in [0.5, 0.6) is 5.75 Å². The van der Waals surface area contributed by atoms with Crippen LogP contribution in [0.3, 0.4) is 0 Å². The third-order valence-electron chi connectivity index (χ3n) is 3.41. The van der Waals surface area contributed by atoms with Crippen molar-refractivity contribution < 1.29 is 14.6 Å². The first-order valence-corrected chi connectivity index (χ1v) is 7.97. The normalized spacial score (nSPS) is 11.7. The zero-order valence-corrected chi connectivity index (χ0v) is 13.9. The zero-order chi connectivity index (χ0) is 17.1. The molecule has 0 aliphatic carbocycles. The van der Waals surface area contributed by atoms with Crippen LogP contribution in [0, 0.1) is 6.92 Å². The molecule has 0 aliphatic heterocycles. The average molecular weight is 341 g/mol. The van der Waals surface area contributed by atoms with Crippen molar-refractivity contribution in [1.82, 2.24) is 15.2 Å². The molecule has 0 unspecified atom stereocenters. The number of aromatic nitrogens is 3. The fourth-order valence-corrected chi connectivity index (χ4v) is 3.07. The van der Waals surface area contributed by atoms with Crippen molar-refractivity contribution in [3.05, 3.63) is 52.7 Å². The quantitative estimate of drug-likeness (QED) is 0.545. The Bertz CT molecular complexity index is 934. The first-order valence-electron chi connectivity index (χ1n) is 7.16. The van der Waals surface area contributed by atoms with Crippen LogP contribution in [-0.2, 0) is 4.79 Å². The number of nitrogens with one attached hydrogen (secondary N) is 1. The van der Waals surface area contributed by atoms with Crippen molar-refractivity contribution >= 4 is 34.6 Å². The Morgan fingerprint density at radius 2 is 2.08 bits per heavy atom. The number of aliphatic carboxylic acids is 1. The third-order valence-corrected chi connectivity index (χ3v) is 4.29. The number of hydrogen-bond acceptors (Lipinski definition) is 5. The number of carboxylic acids is 1. The summed E-state index contributed by atoms with van der Waals surface area (Å²) in [6.45, 7) is 1.76. The summed E-state index contributed by atoms with van der Waals surface area (Å²) in [4.78, 5) is 15.9. The molecule has 0 saturated carbocycles. The molecule has 1 heterocycles. The van der Waals surface area contributed by atoms with E-state index in [2.05, 4.69) is 15.2 Å². The lowest BCUT2D eigenvalue weighted by Gasteiger charge is -2.10. The molecule has 6 nitrogen and oxygen atoms in total. The maximum Gasteiger partial charge on any atom is 0.342 e. The van der Waals surface area contributed by atoms with Crippen molar-refractivity contribution in [1.29, 1.82) is 0 Å². The van der Waals surface area contributed by atoms with E-state index < -0.39 is 5.97 Å². The van der Waals surface area contributed by atoms with Crippen LogP contribution >= 0.6 is 11.8 Å². The van der Waals surface area contributed by atoms with E-state index in [-0.39, 0.29) is 4.91 Å². The highest BCUT2D eigenvalue weighted by molar-refractivity contribution is 8.04. The predicted molar refractivity (Wildman–Crippen MR) is 93.1 cm³/mol. The Hall–Kier alpha value is -2.80. The van der Waals surface area contributed by atoms with Gasteiger partial charge in [-0.1, -0.05) is 30.3 Å². The summed E-state index contributed by atoms with van der Waals surface area (Å²) in [5.74, 6) is 0.196. The van der Waals surface area contributed by atoms with E-state index in [1.165, 1.54) is 0 Å². The smallest absolute Gasteiger partial charge is 0.342 e. The number of carbonyl (C=O) groups is 1. The number of ether oxygens (including phenoxy) is 1. The number of fused-ring (bicyclic) bond motifs is 1. The number of aryl methyl sites for hydroxylation is 1. The highest BCUT2D eigenvalue weighted by Crippen LogP contribution is 2.33. The summed E-state index contributed by atoms with van der Waals surface area (Å²) in [5, 5.41) is 18.5. The molecule has 122 valence electrons. The summed E-state index contributed by atoms with van der Waals surface area (Å²) in [7, 11) is 1.56. The van der Waals surface area contributed by atoms with Crippen LogP contribution in [0.2, 0.25) is 0 Å². The van der Waals surface area contributed by atoms with Gasteiger partial charge in [0.15, 0.2) is 0 Å². The number of hydrogen-bond donors (Lipinski definition) is 2. The number of aromatic amines is 1. The molecule has 0 spiro atoms. The van der Waals surface area contributed by atoms with Gasteiger partial charge in [0.05, 0.1) is 7.11 Å². The molecule has 7 heteroatoms. The van der Waals surface area contributed by atoms with Gasteiger partial charge >= 0.3 is 5.97 Å². The molecular formula is C17H15N3O3S. The lowest BCUT2D eigenvalue weighted by molar-refractivity contribution is -0.131. The maximum atomic E-state index is 11.7. The van der Waals surface area contributed by atoms with Crippen molar-refractivity contribution in [2.45, 2.75) is 12.1 Å². The maximum absolute atomic E-state index is 11.7. The number of carboxylic acid groups (broad SMARTS) is 1. The third kappa shape index (κ3) is 3.26. The van der Waals surface area contributed by atoms with Gasteiger partial charge in [-0.05, 0) is 41.6 Å². The molecule has 24 heavy (non-hydrogen) atoms. The molecule has 2 aromatic carbocycles. The molecule has 3 rings (SSSR count). The molecular weight excluding hydrogens is 326 g/mol. The van der Waals surface area contributed by atoms with Crippen LogP contribution < -0.4 is 4.74 Å². The van der Waals surface area contributed by atoms with Gasteiger partial charge in [-0.3, -0.25) is 5.10 Å². The van der Waals surface area contributed by atoms with Crippen LogP contribution in [0.4, 0.5) is 0 Å². The summed E-state index contributed by atoms with van der Waals surface area (Å²) >= 11 is 0.993. The fraction of sp³-hybridized carbons (Fsp3) is 0.118. The molecule has 0 bridgehead atoms.